The first-order valence-electron chi connectivity index (χ1n) is 28.9. The molecule has 8 bridgehead atoms. The summed E-state index contributed by atoms with van der Waals surface area (Å²) in [5.74, 6) is -0.274. The summed E-state index contributed by atoms with van der Waals surface area (Å²) in [6.07, 6.45) is 11.4. The van der Waals surface area contributed by atoms with E-state index in [2.05, 4.69) is 81.7 Å². The standard InChI is InChI=1S/C59H78N8O9S/c1-35-40-25-59(26-40,76-35)56(70)62-50-52(65-30-58(31-65)33-73-34-58)53-61-47(29-77-53)38-8-11-48-43(23-38)45(27-57(3,4)32-75-55(69)46-7-6-16-67(63-46)54(50)68)51(66(48)19-22-74-42-14-20-72-21-15-42)44-24-39(28-60-49(44)36(2)71-5)37-12-17-64(18-13-37)41-9-10-41/h8,11,23-24,28-29,35-37,40-42,46,50,52,63H,6-7,9-10,12-22,25-27,30-34H2,1-5H3,(H,62,70)/t35-,36-,40?,46-,50-,52-,59?/m0/s1. The number of thiazole rings is 1. The number of aromatic nitrogens is 3. The average Bonchev–Trinajstić information content (AvgIpc) is 3.82. The molecule has 1 spiro atoms. The van der Waals surface area contributed by atoms with Gasteiger partial charge in [0.2, 0.25) is 0 Å². The summed E-state index contributed by atoms with van der Waals surface area (Å²) in [5.41, 5.74) is 10.0. The van der Waals surface area contributed by atoms with Gasteiger partial charge in [-0.3, -0.25) is 29.3 Å². The van der Waals surface area contributed by atoms with Crippen LogP contribution >= 0.6 is 11.3 Å². The zero-order valence-electron chi connectivity index (χ0n) is 45.7. The van der Waals surface area contributed by atoms with Crippen molar-refractivity contribution in [2.75, 3.05) is 79.5 Å². The van der Waals surface area contributed by atoms with E-state index in [4.69, 9.17) is 38.4 Å². The first kappa shape index (κ1) is 52.0. The van der Waals surface area contributed by atoms with E-state index in [1.54, 1.807) is 12.1 Å². The largest absolute Gasteiger partial charge is 0.464 e. The van der Waals surface area contributed by atoms with Gasteiger partial charge in [0.05, 0.1) is 67.9 Å². The molecule has 77 heavy (non-hydrogen) atoms. The Hall–Kier alpha value is -4.37. The molecular weight excluding hydrogens is 997 g/mol. The number of fused-ring (bicyclic) bond motifs is 7. The van der Waals surface area contributed by atoms with E-state index < -0.39 is 35.1 Å². The summed E-state index contributed by atoms with van der Waals surface area (Å²) in [4.78, 5) is 60.2. The van der Waals surface area contributed by atoms with E-state index in [1.165, 1.54) is 29.7 Å². The number of hydrogen-bond acceptors (Lipinski definition) is 15. The van der Waals surface area contributed by atoms with Gasteiger partial charge in [0.1, 0.15) is 22.7 Å². The normalized spacial score (nSPS) is 30.4. The summed E-state index contributed by atoms with van der Waals surface area (Å²) < 4.78 is 39.5. The maximum atomic E-state index is 15.4. The Bertz CT molecular complexity index is 2870. The predicted molar refractivity (Wildman–Crippen MR) is 290 cm³/mol. The van der Waals surface area contributed by atoms with Crippen molar-refractivity contribution in [1.82, 2.24) is 40.1 Å². The average molecular weight is 1080 g/mol. The van der Waals surface area contributed by atoms with Crippen molar-refractivity contribution in [3.8, 4) is 22.5 Å². The van der Waals surface area contributed by atoms with Gasteiger partial charge in [-0.1, -0.05) is 19.9 Å². The lowest BCUT2D eigenvalue weighted by Gasteiger charge is -2.58. The first-order chi connectivity index (χ1) is 37.3. The smallest absolute Gasteiger partial charge is 0.324 e. The van der Waals surface area contributed by atoms with Crippen LogP contribution in [0.1, 0.15) is 132 Å². The number of likely N-dealkylation sites (tertiary alicyclic amines) is 2. The van der Waals surface area contributed by atoms with E-state index >= 15 is 4.79 Å². The van der Waals surface area contributed by atoms with Gasteiger partial charge in [-0.2, -0.15) is 0 Å². The van der Waals surface area contributed by atoms with Gasteiger partial charge >= 0.3 is 5.97 Å². The van der Waals surface area contributed by atoms with Crippen LogP contribution in [0.15, 0.2) is 35.8 Å². The Kier molecular flexibility index (Phi) is 13.9. The monoisotopic (exact) mass is 1070 g/mol. The molecule has 1 aromatic carbocycles. The number of pyridine rings is 1. The molecule has 14 rings (SSSR count). The van der Waals surface area contributed by atoms with Crippen LogP contribution in [0.4, 0.5) is 0 Å². The third-order valence-corrected chi connectivity index (χ3v) is 19.8. The molecule has 0 radical (unpaired) electrons. The molecule has 5 atom stereocenters. The van der Waals surface area contributed by atoms with Crippen molar-refractivity contribution in [3.05, 3.63) is 57.7 Å². The summed E-state index contributed by atoms with van der Waals surface area (Å²) in [6.45, 7) is 16.4. The predicted octanol–water partition coefficient (Wildman–Crippen LogP) is 7.12. The molecule has 3 aromatic heterocycles. The second-order valence-electron chi connectivity index (χ2n) is 25.1. The molecule has 17 nitrogen and oxygen atoms in total. The fourth-order valence-corrected chi connectivity index (χ4v) is 15.1. The van der Waals surface area contributed by atoms with Gasteiger partial charge in [0, 0.05) is 97.0 Å². The highest BCUT2D eigenvalue weighted by atomic mass is 32.1. The van der Waals surface area contributed by atoms with Crippen LogP contribution in [0.3, 0.4) is 0 Å². The van der Waals surface area contributed by atoms with Crippen molar-refractivity contribution in [2.45, 2.75) is 159 Å². The molecule has 2 amide bonds. The highest BCUT2D eigenvalue weighted by Crippen LogP contribution is 2.53. The third-order valence-electron chi connectivity index (χ3n) is 18.9. The number of carbonyl (C=O) groups excluding carboxylic acids is 3. The highest BCUT2D eigenvalue weighted by molar-refractivity contribution is 7.10. The topological polar surface area (TPSA) is 171 Å². The van der Waals surface area contributed by atoms with Gasteiger partial charge in [-0.15, -0.1) is 11.3 Å². The minimum atomic E-state index is -1.03. The molecule has 18 heteroatoms. The molecule has 2 N–H and O–H groups in total. The Labute approximate surface area is 456 Å². The quantitative estimate of drug-likeness (QED) is 0.138. The van der Waals surface area contributed by atoms with Crippen LogP contribution < -0.4 is 10.7 Å². The molecule has 0 unspecified atom stereocenters. The van der Waals surface area contributed by atoms with E-state index in [0.717, 1.165) is 94.5 Å². The molecule has 10 aliphatic rings. The van der Waals surface area contributed by atoms with Crippen molar-refractivity contribution < 1.29 is 42.8 Å². The number of piperidine rings is 1. The lowest BCUT2D eigenvalue weighted by atomic mass is 9.72. The summed E-state index contributed by atoms with van der Waals surface area (Å²) in [7, 11) is 1.76. The molecular formula is C59H78N8O9S. The summed E-state index contributed by atoms with van der Waals surface area (Å²) >= 11 is 1.52. The second kappa shape index (κ2) is 20.6. The van der Waals surface area contributed by atoms with E-state index in [0.29, 0.717) is 103 Å². The van der Waals surface area contributed by atoms with Crippen LogP contribution in [-0.4, -0.2) is 163 Å². The number of benzene rings is 1. The molecule has 2 aliphatic carbocycles. The Morgan fingerprint density at radius 2 is 1.77 bits per heavy atom. The van der Waals surface area contributed by atoms with E-state index in [1.807, 2.05) is 6.92 Å². The van der Waals surface area contributed by atoms with Gasteiger partial charge < -0.3 is 43.2 Å². The molecule has 11 heterocycles. The highest BCUT2D eigenvalue weighted by Gasteiger charge is 2.62. The van der Waals surface area contributed by atoms with Gasteiger partial charge in [0.25, 0.3) is 11.8 Å². The van der Waals surface area contributed by atoms with Crippen molar-refractivity contribution in [2.24, 2.45) is 16.7 Å². The number of nitrogens with zero attached hydrogens (tertiary/aromatic N) is 6. The number of nitrogens with one attached hydrogen (secondary N) is 2. The molecule has 7 saturated heterocycles. The Balaban J connectivity index is 0.949. The molecule has 8 aliphatic heterocycles. The number of carbonyl (C=O) groups is 3. The van der Waals surface area contributed by atoms with Gasteiger partial charge in [-0.05, 0) is 139 Å². The van der Waals surface area contributed by atoms with Crippen LogP contribution in [0.5, 0.6) is 0 Å². The number of esters is 1. The number of hydrogen-bond donors (Lipinski definition) is 2. The number of amides is 2. The number of ether oxygens (including phenoxy) is 6. The van der Waals surface area contributed by atoms with Crippen LogP contribution in [-0.2, 0) is 55.8 Å². The van der Waals surface area contributed by atoms with E-state index in [-0.39, 0.29) is 42.1 Å². The number of hydrazine groups is 1. The maximum absolute atomic E-state index is 15.4. The van der Waals surface area contributed by atoms with Crippen molar-refractivity contribution in [1.29, 1.82) is 0 Å². The summed E-state index contributed by atoms with van der Waals surface area (Å²) in [5, 5.41) is 8.77. The van der Waals surface area contributed by atoms with Gasteiger partial charge in [0.15, 0.2) is 0 Å². The second-order valence-corrected chi connectivity index (χ2v) is 26.0. The van der Waals surface area contributed by atoms with Crippen LogP contribution in [0.25, 0.3) is 33.4 Å². The summed E-state index contributed by atoms with van der Waals surface area (Å²) in [6, 6.07) is 7.47. The lowest BCUT2D eigenvalue weighted by molar-refractivity contribution is -0.203. The molecule has 414 valence electrons. The molecule has 2 saturated carbocycles. The van der Waals surface area contributed by atoms with E-state index in [9.17, 15) is 9.59 Å². The van der Waals surface area contributed by atoms with Crippen molar-refractivity contribution >= 4 is 40.0 Å². The molecule has 4 aromatic rings. The van der Waals surface area contributed by atoms with Crippen LogP contribution in [0, 0.1) is 16.7 Å². The fraction of sp³-hybridized carbons (Fsp3) is 0.678. The minimum absolute atomic E-state index is 0.00531. The minimum Gasteiger partial charge on any atom is -0.464 e. The zero-order chi connectivity index (χ0) is 52.8. The van der Waals surface area contributed by atoms with Crippen LogP contribution in [0.2, 0.25) is 0 Å². The van der Waals surface area contributed by atoms with Gasteiger partial charge in [-0.25, -0.2) is 10.4 Å². The number of methoxy groups -OCH3 is 1. The fourth-order valence-electron chi connectivity index (χ4n) is 14.1. The number of cyclic esters (lactones) is 1. The Morgan fingerprint density at radius 3 is 2.48 bits per heavy atom. The number of rotatable bonds is 12. The lowest BCUT2D eigenvalue weighted by Crippen LogP contribution is -2.70. The Morgan fingerprint density at radius 1 is 0.974 bits per heavy atom. The van der Waals surface area contributed by atoms with Crippen molar-refractivity contribution in [3.63, 3.8) is 0 Å². The maximum Gasteiger partial charge on any atom is 0.324 e. The first-order valence-corrected chi connectivity index (χ1v) is 29.8. The SMILES string of the molecule is CO[C@@H](C)c1ncc(C2CCN(C3CC3)CC2)cc1-c1c2c3cc(ccc3n1CCOC1CCOCC1)-c1csc(n1)[C@@H](N1CC3(COC3)C1)[C@H](NC(=O)C13CC(C1)[C@H](C)O3)C(=O)N1CCC[C@H](N1)C(=O)OCC(C)(C)C2. The zero-order valence-corrected chi connectivity index (χ0v) is 46.5. The molecule has 9 fully saturated rings. The third kappa shape index (κ3) is 9.86.